The third kappa shape index (κ3) is 2.04. The second-order valence-corrected chi connectivity index (χ2v) is 5.81. The first-order valence-corrected chi connectivity index (χ1v) is 6.66. The average molecular weight is 252 g/mol. The molecule has 3 unspecified atom stereocenters. The second-order valence-electron chi connectivity index (χ2n) is 5.41. The molecule has 2 aliphatic rings. The molecule has 2 nitrogen and oxygen atoms in total. The van der Waals surface area contributed by atoms with Crippen LogP contribution in [0.5, 0.6) is 5.75 Å². The maximum absolute atomic E-state index is 6.34. The first kappa shape index (κ1) is 11.4. The molecule has 0 aliphatic heterocycles. The molecule has 0 amide bonds. The summed E-state index contributed by atoms with van der Waals surface area (Å²) in [5.74, 6) is 3.31. The Hall–Kier alpha value is -0.730. The van der Waals surface area contributed by atoms with E-state index in [2.05, 4.69) is 0 Å². The molecule has 0 heterocycles. The van der Waals surface area contributed by atoms with Crippen LogP contribution in [0.1, 0.15) is 30.9 Å². The third-order valence-corrected chi connectivity index (χ3v) is 4.64. The topological polar surface area (TPSA) is 35.2 Å². The number of fused-ring (bicyclic) bond motifs is 1. The molecule has 2 saturated carbocycles. The van der Waals surface area contributed by atoms with E-state index in [0.717, 1.165) is 23.1 Å². The van der Waals surface area contributed by atoms with Gasteiger partial charge < -0.3 is 10.5 Å². The summed E-state index contributed by atoms with van der Waals surface area (Å²) in [5, 5.41) is 0.656. The van der Waals surface area contributed by atoms with Gasteiger partial charge in [-0.3, -0.25) is 0 Å². The molecule has 2 fully saturated rings. The van der Waals surface area contributed by atoms with Crippen molar-refractivity contribution in [3.8, 4) is 5.75 Å². The number of hydrogen-bond donors (Lipinski definition) is 1. The molecule has 2 aliphatic carbocycles. The molecule has 1 aromatic carbocycles. The Kier molecular flexibility index (Phi) is 2.80. The molecule has 1 aromatic rings. The van der Waals surface area contributed by atoms with Crippen molar-refractivity contribution in [2.45, 2.75) is 25.3 Å². The van der Waals surface area contributed by atoms with Crippen molar-refractivity contribution < 1.29 is 4.74 Å². The van der Waals surface area contributed by atoms with Crippen molar-refractivity contribution in [1.29, 1.82) is 0 Å². The molecule has 0 saturated heterocycles. The SMILES string of the molecule is COc1ccc(C(N)C2CC3CC3C2)cc1Cl. The molecule has 3 atom stereocenters. The summed E-state index contributed by atoms with van der Waals surface area (Å²) in [7, 11) is 1.63. The predicted octanol–water partition coefficient (Wildman–Crippen LogP) is 3.39. The van der Waals surface area contributed by atoms with Crippen molar-refractivity contribution in [1.82, 2.24) is 0 Å². The summed E-state index contributed by atoms with van der Waals surface area (Å²) in [6.07, 6.45) is 4.04. The van der Waals surface area contributed by atoms with Gasteiger partial charge in [-0.05, 0) is 54.7 Å². The normalized spacial score (nSPS) is 32.1. The number of ether oxygens (including phenoxy) is 1. The summed E-state index contributed by atoms with van der Waals surface area (Å²) in [5.41, 5.74) is 7.48. The van der Waals surface area contributed by atoms with Gasteiger partial charge in [0.25, 0.3) is 0 Å². The summed E-state index contributed by atoms with van der Waals surface area (Å²) in [4.78, 5) is 0. The lowest BCUT2D eigenvalue weighted by atomic mass is 9.90. The fraction of sp³-hybridized carbons (Fsp3) is 0.571. The lowest BCUT2D eigenvalue weighted by Gasteiger charge is -2.21. The number of benzene rings is 1. The molecule has 17 heavy (non-hydrogen) atoms. The minimum atomic E-state index is 0.131. The number of methoxy groups -OCH3 is 1. The Morgan fingerprint density at radius 2 is 2.00 bits per heavy atom. The molecule has 0 bridgehead atoms. The van der Waals surface area contributed by atoms with E-state index in [-0.39, 0.29) is 6.04 Å². The maximum atomic E-state index is 6.34. The van der Waals surface area contributed by atoms with E-state index in [4.69, 9.17) is 22.1 Å². The van der Waals surface area contributed by atoms with Crippen LogP contribution in [0.4, 0.5) is 0 Å². The average Bonchev–Trinajstić information content (AvgIpc) is 2.95. The molecular formula is C14H18ClNO. The van der Waals surface area contributed by atoms with Crippen LogP contribution in [-0.2, 0) is 0 Å². The Balaban J connectivity index is 1.76. The van der Waals surface area contributed by atoms with Crippen molar-refractivity contribution in [2.75, 3.05) is 7.11 Å². The van der Waals surface area contributed by atoms with E-state index in [1.165, 1.54) is 19.3 Å². The van der Waals surface area contributed by atoms with E-state index in [1.54, 1.807) is 7.11 Å². The van der Waals surface area contributed by atoms with Crippen LogP contribution in [-0.4, -0.2) is 7.11 Å². The molecule has 92 valence electrons. The van der Waals surface area contributed by atoms with E-state index in [0.29, 0.717) is 10.9 Å². The zero-order valence-electron chi connectivity index (χ0n) is 10.0. The van der Waals surface area contributed by atoms with Gasteiger partial charge in [-0.15, -0.1) is 0 Å². The first-order valence-electron chi connectivity index (χ1n) is 6.28. The smallest absolute Gasteiger partial charge is 0.137 e. The molecule has 0 spiro atoms. The summed E-state index contributed by atoms with van der Waals surface area (Å²) >= 11 is 6.14. The van der Waals surface area contributed by atoms with Crippen LogP contribution in [0.15, 0.2) is 18.2 Å². The van der Waals surface area contributed by atoms with Gasteiger partial charge in [0.05, 0.1) is 12.1 Å². The van der Waals surface area contributed by atoms with Gasteiger partial charge in [-0.1, -0.05) is 17.7 Å². The summed E-state index contributed by atoms with van der Waals surface area (Å²) in [6.45, 7) is 0. The highest BCUT2D eigenvalue weighted by molar-refractivity contribution is 6.32. The number of rotatable bonds is 3. The standard InChI is InChI=1S/C14H18ClNO/c1-17-13-3-2-8(7-12(13)15)14(16)11-5-9-4-10(9)6-11/h2-3,7,9-11,14H,4-6,16H2,1H3. The molecule has 3 heteroatoms. The second kappa shape index (κ2) is 4.18. The minimum Gasteiger partial charge on any atom is -0.495 e. The highest BCUT2D eigenvalue weighted by Crippen LogP contribution is 2.56. The van der Waals surface area contributed by atoms with Gasteiger partial charge in [0, 0.05) is 6.04 Å². The third-order valence-electron chi connectivity index (χ3n) is 4.35. The van der Waals surface area contributed by atoms with Gasteiger partial charge in [0.15, 0.2) is 0 Å². The van der Waals surface area contributed by atoms with Crippen LogP contribution in [0.3, 0.4) is 0 Å². The van der Waals surface area contributed by atoms with E-state index in [9.17, 15) is 0 Å². The van der Waals surface area contributed by atoms with Crippen molar-refractivity contribution in [2.24, 2.45) is 23.5 Å². The van der Waals surface area contributed by atoms with E-state index in [1.807, 2.05) is 18.2 Å². The van der Waals surface area contributed by atoms with Gasteiger partial charge in [-0.25, -0.2) is 0 Å². The Morgan fingerprint density at radius 1 is 1.29 bits per heavy atom. The lowest BCUT2D eigenvalue weighted by molar-refractivity contribution is 0.401. The quantitative estimate of drug-likeness (QED) is 0.894. The molecular weight excluding hydrogens is 234 g/mol. The number of hydrogen-bond acceptors (Lipinski definition) is 2. The molecule has 0 aromatic heterocycles. The van der Waals surface area contributed by atoms with E-state index >= 15 is 0 Å². The Bertz CT molecular complexity index is 424. The Labute approximate surface area is 107 Å². The van der Waals surface area contributed by atoms with Crippen LogP contribution in [0, 0.1) is 17.8 Å². The summed E-state index contributed by atoms with van der Waals surface area (Å²) < 4.78 is 5.16. The van der Waals surface area contributed by atoms with Crippen LogP contribution < -0.4 is 10.5 Å². The zero-order chi connectivity index (χ0) is 12.0. The van der Waals surface area contributed by atoms with Gasteiger partial charge in [0.1, 0.15) is 5.75 Å². The fourth-order valence-electron chi connectivity index (χ4n) is 3.22. The highest BCUT2D eigenvalue weighted by atomic mass is 35.5. The van der Waals surface area contributed by atoms with Gasteiger partial charge >= 0.3 is 0 Å². The van der Waals surface area contributed by atoms with Crippen LogP contribution >= 0.6 is 11.6 Å². The summed E-state index contributed by atoms with van der Waals surface area (Å²) in [6, 6.07) is 6.04. The number of halogens is 1. The monoisotopic (exact) mass is 251 g/mol. The molecule has 0 radical (unpaired) electrons. The minimum absolute atomic E-state index is 0.131. The van der Waals surface area contributed by atoms with Gasteiger partial charge in [-0.2, -0.15) is 0 Å². The van der Waals surface area contributed by atoms with Crippen molar-refractivity contribution in [3.63, 3.8) is 0 Å². The van der Waals surface area contributed by atoms with Crippen LogP contribution in [0.25, 0.3) is 0 Å². The largest absolute Gasteiger partial charge is 0.495 e. The van der Waals surface area contributed by atoms with Gasteiger partial charge in [0.2, 0.25) is 0 Å². The molecule has 2 N–H and O–H groups in total. The highest BCUT2D eigenvalue weighted by Gasteiger charge is 2.47. The maximum Gasteiger partial charge on any atom is 0.137 e. The lowest BCUT2D eigenvalue weighted by Crippen LogP contribution is -2.20. The predicted molar refractivity (Wildman–Crippen MR) is 69.3 cm³/mol. The Morgan fingerprint density at radius 3 is 2.59 bits per heavy atom. The van der Waals surface area contributed by atoms with Crippen LogP contribution in [0.2, 0.25) is 5.02 Å². The van der Waals surface area contributed by atoms with Crippen molar-refractivity contribution in [3.05, 3.63) is 28.8 Å². The van der Waals surface area contributed by atoms with Crippen molar-refractivity contribution >= 4 is 11.6 Å². The fourth-order valence-corrected chi connectivity index (χ4v) is 3.48. The zero-order valence-corrected chi connectivity index (χ0v) is 10.8. The van der Waals surface area contributed by atoms with E-state index < -0.39 is 0 Å². The first-order chi connectivity index (χ1) is 8.19. The number of nitrogens with two attached hydrogens (primary N) is 1. The molecule has 3 rings (SSSR count).